The maximum Gasteiger partial charge on any atom is 0.263 e. The average molecular weight is 418 g/mol. The van der Waals surface area contributed by atoms with E-state index in [1.54, 1.807) is 48.5 Å². The lowest BCUT2D eigenvalue weighted by molar-refractivity contribution is -0.123. The summed E-state index contributed by atoms with van der Waals surface area (Å²) >= 11 is 11.7. The van der Waals surface area contributed by atoms with Crippen molar-refractivity contribution in [2.24, 2.45) is 10.3 Å². The predicted octanol–water partition coefficient (Wildman–Crippen LogP) is 2.93. The van der Waals surface area contributed by atoms with E-state index in [1.807, 2.05) is 0 Å². The molecule has 0 spiro atoms. The first kappa shape index (κ1) is 18.4. The molecule has 3 amide bonds. The first-order valence-electron chi connectivity index (χ1n) is 8.30. The Morgan fingerprint density at radius 1 is 0.964 bits per heavy atom. The standard InChI is InChI=1S/C18H13Cl2N5O3/c19-10-1-5-12(6-2-10)21-14(26)9-24-16-15(22-23-24)17(27)25(18(16)28)13-7-3-11(20)4-8-13/h1-8,15-16H,9H2,(H,21,26)/t15-,16-/m0/s1. The van der Waals surface area contributed by atoms with Gasteiger partial charge in [0, 0.05) is 15.7 Å². The number of benzene rings is 2. The molecule has 2 heterocycles. The zero-order valence-electron chi connectivity index (χ0n) is 14.3. The molecule has 28 heavy (non-hydrogen) atoms. The lowest BCUT2D eigenvalue weighted by Gasteiger charge is -2.20. The SMILES string of the molecule is O=C(CN1N=N[C@@H]2C(=O)N(c3ccc(Cl)cc3)C(=O)[C@H]21)Nc1ccc(Cl)cc1. The summed E-state index contributed by atoms with van der Waals surface area (Å²) in [6.45, 7) is -0.221. The van der Waals surface area contributed by atoms with Crippen LogP contribution >= 0.6 is 23.2 Å². The van der Waals surface area contributed by atoms with E-state index in [0.29, 0.717) is 21.4 Å². The Hall–Kier alpha value is -2.97. The van der Waals surface area contributed by atoms with Gasteiger partial charge in [0.25, 0.3) is 11.8 Å². The number of halogens is 2. The minimum Gasteiger partial charge on any atom is -0.324 e. The molecular formula is C18H13Cl2N5O3. The highest BCUT2D eigenvalue weighted by molar-refractivity contribution is 6.31. The zero-order valence-corrected chi connectivity index (χ0v) is 15.8. The Balaban J connectivity index is 1.48. The number of anilines is 2. The fourth-order valence-corrected chi connectivity index (χ4v) is 3.33. The molecule has 2 aromatic rings. The van der Waals surface area contributed by atoms with Crippen LogP contribution in [0.5, 0.6) is 0 Å². The molecule has 1 fully saturated rings. The highest BCUT2D eigenvalue weighted by Gasteiger charge is 2.55. The number of hydrogen-bond acceptors (Lipinski definition) is 6. The molecule has 0 aromatic heterocycles. The lowest BCUT2D eigenvalue weighted by Crippen LogP contribution is -2.43. The molecular weight excluding hydrogens is 405 g/mol. The average Bonchev–Trinajstić information content (AvgIpc) is 3.18. The van der Waals surface area contributed by atoms with Crippen LogP contribution in [0, 0.1) is 0 Å². The van der Waals surface area contributed by atoms with Crippen molar-refractivity contribution in [1.29, 1.82) is 0 Å². The summed E-state index contributed by atoms with van der Waals surface area (Å²) in [5.74, 6) is -1.37. The Morgan fingerprint density at radius 2 is 1.57 bits per heavy atom. The summed E-state index contributed by atoms with van der Waals surface area (Å²) < 4.78 is 0. The second-order valence-corrected chi connectivity index (χ2v) is 7.11. The summed E-state index contributed by atoms with van der Waals surface area (Å²) in [4.78, 5) is 38.8. The van der Waals surface area contributed by atoms with Gasteiger partial charge in [-0.1, -0.05) is 28.4 Å². The summed E-state index contributed by atoms with van der Waals surface area (Å²) in [6, 6.07) is 11.0. The Kier molecular flexibility index (Phi) is 4.74. The first-order chi connectivity index (χ1) is 13.4. The number of nitrogens with one attached hydrogen (secondary N) is 1. The molecule has 10 heteroatoms. The van der Waals surface area contributed by atoms with Crippen LogP contribution in [0.3, 0.4) is 0 Å². The normalized spacial score (nSPS) is 20.6. The van der Waals surface area contributed by atoms with Crippen LogP contribution in [0.1, 0.15) is 0 Å². The van der Waals surface area contributed by atoms with Crippen molar-refractivity contribution in [2.45, 2.75) is 12.1 Å². The molecule has 2 aliphatic rings. The monoisotopic (exact) mass is 417 g/mol. The van der Waals surface area contributed by atoms with E-state index < -0.39 is 29.8 Å². The number of amides is 3. The third-order valence-corrected chi connectivity index (χ3v) is 4.88. The molecule has 1 saturated heterocycles. The third kappa shape index (κ3) is 3.32. The molecule has 0 bridgehead atoms. The highest BCUT2D eigenvalue weighted by Crippen LogP contribution is 2.32. The molecule has 2 atom stereocenters. The van der Waals surface area contributed by atoms with E-state index in [9.17, 15) is 14.4 Å². The Morgan fingerprint density at radius 3 is 2.21 bits per heavy atom. The molecule has 2 aliphatic heterocycles. The van der Waals surface area contributed by atoms with Crippen molar-refractivity contribution in [2.75, 3.05) is 16.8 Å². The van der Waals surface area contributed by atoms with Crippen molar-refractivity contribution in [3.63, 3.8) is 0 Å². The maximum atomic E-state index is 12.8. The molecule has 2 aromatic carbocycles. The number of hydrogen-bond donors (Lipinski definition) is 1. The van der Waals surface area contributed by atoms with Crippen molar-refractivity contribution in [1.82, 2.24) is 5.01 Å². The van der Waals surface area contributed by atoms with Gasteiger partial charge < -0.3 is 5.32 Å². The lowest BCUT2D eigenvalue weighted by atomic mass is 10.1. The molecule has 8 nitrogen and oxygen atoms in total. The number of rotatable bonds is 4. The summed E-state index contributed by atoms with van der Waals surface area (Å²) in [5.41, 5.74) is 0.952. The van der Waals surface area contributed by atoms with E-state index in [-0.39, 0.29) is 6.54 Å². The van der Waals surface area contributed by atoms with Crippen LogP contribution in [0.25, 0.3) is 0 Å². The van der Waals surface area contributed by atoms with Crippen LogP contribution in [-0.4, -0.2) is 41.4 Å². The van der Waals surface area contributed by atoms with Crippen molar-refractivity contribution in [3.8, 4) is 0 Å². The smallest absolute Gasteiger partial charge is 0.263 e. The molecule has 142 valence electrons. The van der Waals surface area contributed by atoms with Crippen LogP contribution < -0.4 is 10.2 Å². The zero-order chi connectivity index (χ0) is 19.8. The second kappa shape index (κ2) is 7.21. The van der Waals surface area contributed by atoms with E-state index in [4.69, 9.17) is 23.2 Å². The number of carbonyl (C=O) groups excluding carboxylic acids is 3. The summed E-state index contributed by atoms with van der Waals surface area (Å²) in [7, 11) is 0. The molecule has 0 radical (unpaired) electrons. The van der Waals surface area contributed by atoms with E-state index >= 15 is 0 Å². The van der Waals surface area contributed by atoms with Gasteiger partial charge >= 0.3 is 0 Å². The number of imide groups is 1. The second-order valence-electron chi connectivity index (χ2n) is 6.24. The van der Waals surface area contributed by atoms with Crippen LogP contribution in [0.4, 0.5) is 11.4 Å². The maximum absolute atomic E-state index is 12.8. The number of fused-ring (bicyclic) bond motifs is 1. The number of nitrogens with zero attached hydrogens (tertiary/aromatic N) is 4. The van der Waals surface area contributed by atoms with Gasteiger partial charge in [0.2, 0.25) is 5.91 Å². The molecule has 0 unspecified atom stereocenters. The third-order valence-electron chi connectivity index (χ3n) is 4.38. The van der Waals surface area contributed by atoms with Gasteiger partial charge in [-0.2, -0.15) is 5.11 Å². The Bertz CT molecular complexity index is 978. The van der Waals surface area contributed by atoms with Crippen LogP contribution in [0.2, 0.25) is 10.0 Å². The van der Waals surface area contributed by atoms with Gasteiger partial charge in [-0.15, -0.1) is 0 Å². The first-order valence-corrected chi connectivity index (χ1v) is 9.06. The van der Waals surface area contributed by atoms with Crippen molar-refractivity contribution >= 4 is 52.3 Å². The molecule has 0 saturated carbocycles. The molecule has 4 rings (SSSR count). The highest BCUT2D eigenvalue weighted by atomic mass is 35.5. The van der Waals surface area contributed by atoms with Gasteiger partial charge in [-0.05, 0) is 48.5 Å². The van der Waals surface area contributed by atoms with Crippen molar-refractivity contribution in [3.05, 3.63) is 58.6 Å². The largest absolute Gasteiger partial charge is 0.324 e. The topological polar surface area (TPSA) is 94.4 Å². The van der Waals surface area contributed by atoms with Gasteiger partial charge in [-0.25, -0.2) is 4.90 Å². The summed E-state index contributed by atoms with van der Waals surface area (Å²) in [5, 5.41) is 12.7. The quantitative estimate of drug-likeness (QED) is 0.773. The van der Waals surface area contributed by atoms with E-state index in [2.05, 4.69) is 15.7 Å². The van der Waals surface area contributed by atoms with Crippen LogP contribution in [-0.2, 0) is 14.4 Å². The number of carbonyl (C=O) groups is 3. The van der Waals surface area contributed by atoms with Gasteiger partial charge in [0.1, 0.15) is 6.54 Å². The summed E-state index contributed by atoms with van der Waals surface area (Å²) in [6.07, 6.45) is 0. The fourth-order valence-electron chi connectivity index (χ4n) is 3.08. The van der Waals surface area contributed by atoms with Crippen molar-refractivity contribution < 1.29 is 14.4 Å². The van der Waals surface area contributed by atoms with Crippen LogP contribution in [0.15, 0.2) is 58.9 Å². The minimum atomic E-state index is -0.966. The predicted molar refractivity (Wildman–Crippen MR) is 103 cm³/mol. The van der Waals surface area contributed by atoms with Gasteiger partial charge in [0.05, 0.1) is 5.69 Å². The van der Waals surface area contributed by atoms with Gasteiger partial charge in [0.15, 0.2) is 12.1 Å². The minimum absolute atomic E-state index is 0.221. The van der Waals surface area contributed by atoms with E-state index in [1.165, 1.54) is 5.01 Å². The molecule has 0 aliphatic carbocycles. The fraction of sp³-hybridized carbons (Fsp3) is 0.167. The molecule has 1 N–H and O–H groups in total. The van der Waals surface area contributed by atoms with Gasteiger partial charge in [-0.3, -0.25) is 19.4 Å². The van der Waals surface area contributed by atoms with E-state index in [0.717, 1.165) is 4.90 Å². The Labute approximate surface area is 169 Å².